The van der Waals surface area contributed by atoms with Crippen molar-refractivity contribution < 1.29 is 9.53 Å². The number of carbonyl (C=O) groups is 1. The number of fused-ring (bicyclic) bond motifs is 1. The summed E-state index contributed by atoms with van der Waals surface area (Å²) in [5.41, 5.74) is 4.21. The van der Waals surface area contributed by atoms with Crippen molar-refractivity contribution in [3.63, 3.8) is 0 Å². The second-order valence-corrected chi connectivity index (χ2v) is 5.65. The molecule has 0 unspecified atom stereocenters. The van der Waals surface area contributed by atoms with E-state index in [0.29, 0.717) is 5.56 Å². The molecule has 0 radical (unpaired) electrons. The highest BCUT2D eigenvalue weighted by Crippen LogP contribution is 2.30. The van der Waals surface area contributed by atoms with Crippen molar-refractivity contribution in [2.75, 3.05) is 20.7 Å². The minimum Gasteiger partial charge on any atom is -0.465 e. The highest BCUT2D eigenvalue weighted by atomic mass is 16.5. The van der Waals surface area contributed by atoms with Crippen LogP contribution in [0.25, 0.3) is 16.5 Å². The molecule has 0 saturated carbocycles. The molecule has 3 heteroatoms. The molecule has 22 heavy (non-hydrogen) atoms. The molecule has 0 amide bonds. The Morgan fingerprint density at radius 3 is 2.73 bits per heavy atom. The first kappa shape index (κ1) is 14.4. The summed E-state index contributed by atoms with van der Waals surface area (Å²) in [5, 5.41) is 2.18. The Morgan fingerprint density at radius 2 is 2.00 bits per heavy atom. The quantitative estimate of drug-likeness (QED) is 0.787. The minimum absolute atomic E-state index is 0.307. The lowest BCUT2D eigenvalue weighted by Gasteiger charge is -2.27. The number of benzene rings is 2. The Labute approximate surface area is 130 Å². The Bertz CT molecular complexity index is 802. The first-order chi connectivity index (χ1) is 10.6. The van der Waals surface area contributed by atoms with Gasteiger partial charge in [0.15, 0.2) is 0 Å². The molecule has 112 valence electrons. The van der Waals surface area contributed by atoms with Crippen molar-refractivity contribution in [1.29, 1.82) is 0 Å². The number of likely N-dealkylation sites (N-methyl/N-ethyl adjacent to an activating group) is 1. The van der Waals surface area contributed by atoms with Crippen LogP contribution in [0.4, 0.5) is 0 Å². The van der Waals surface area contributed by atoms with Gasteiger partial charge in [-0.15, -0.1) is 0 Å². The maximum absolute atomic E-state index is 11.8. The Morgan fingerprint density at radius 1 is 1.18 bits per heavy atom. The van der Waals surface area contributed by atoms with Crippen molar-refractivity contribution in [3.05, 3.63) is 65.3 Å². The van der Waals surface area contributed by atoms with Crippen LogP contribution in [0.2, 0.25) is 0 Å². The van der Waals surface area contributed by atoms with Crippen LogP contribution >= 0.6 is 0 Å². The lowest BCUT2D eigenvalue weighted by Crippen LogP contribution is -2.21. The van der Waals surface area contributed by atoms with Crippen LogP contribution in [-0.4, -0.2) is 31.6 Å². The van der Waals surface area contributed by atoms with Crippen molar-refractivity contribution in [2.45, 2.75) is 6.92 Å². The molecular formula is C19H19NO2. The molecule has 0 saturated heterocycles. The van der Waals surface area contributed by atoms with Gasteiger partial charge in [-0.05, 0) is 35.9 Å². The molecule has 1 heterocycles. The molecule has 0 fully saturated rings. The third-order valence-electron chi connectivity index (χ3n) is 4.00. The molecule has 0 N–H and O–H groups in total. The smallest absolute Gasteiger partial charge is 0.337 e. The topological polar surface area (TPSA) is 29.5 Å². The first-order valence-electron chi connectivity index (χ1n) is 7.30. The number of hydrogen-bond donors (Lipinski definition) is 0. The average molecular weight is 293 g/mol. The number of nitrogens with zero attached hydrogens (tertiary/aromatic N) is 1. The van der Waals surface area contributed by atoms with Gasteiger partial charge in [-0.2, -0.15) is 0 Å². The van der Waals surface area contributed by atoms with Crippen LogP contribution in [0.3, 0.4) is 0 Å². The lowest BCUT2D eigenvalue weighted by molar-refractivity contribution is 0.0601. The van der Waals surface area contributed by atoms with E-state index in [0.717, 1.165) is 22.9 Å². The number of carbonyl (C=O) groups excluding carboxylic acids is 1. The van der Waals surface area contributed by atoms with Crippen molar-refractivity contribution in [1.82, 2.24) is 4.90 Å². The number of rotatable bonds is 2. The summed E-state index contributed by atoms with van der Waals surface area (Å²) in [7, 11) is 3.49. The maximum Gasteiger partial charge on any atom is 0.337 e. The highest BCUT2D eigenvalue weighted by molar-refractivity contribution is 5.99. The SMILES string of the molecule is COC(=O)c1ccc2cccc(C3=CC=C(C)CN3C)c2c1. The second kappa shape index (κ2) is 5.68. The molecule has 0 atom stereocenters. The van der Waals surface area contributed by atoms with Gasteiger partial charge in [0, 0.05) is 24.9 Å². The van der Waals surface area contributed by atoms with Gasteiger partial charge in [-0.25, -0.2) is 4.79 Å². The van der Waals surface area contributed by atoms with Gasteiger partial charge in [0.05, 0.1) is 12.7 Å². The fraction of sp³-hybridized carbons (Fsp3) is 0.211. The van der Waals surface area contributed by atoms with Crippen LogP contribution in [0.15, 0.2) is 54.1 Å². The molecule has 3 nitrogen and oxygen atoms in total. The Kier molecular flexibility index (Phi) is 3.72. The van der Waals surface area contributed by atoms with Crippen molar-refractivity contribution in [2.24, 2.45) is 0 Å². The summed E-state index contributed by atoms with van der Waals surface area (Å²) in [5.74, 6) is -0.307. The van der Waals surface area contributed by atoms with Crippen LogP contribution in [0.1, 0.15) is 22.8 Å². The van der Waals surface area contributed by atoms with Gasteiger partial charge in [0.1, 0.15) is 0 Å². The van der Waals surface area contributed by atoms with E-state index in [9.17, 15) is 4.79 Å². The summed E-state index contributed by atoms with van der Waals surface area (Å²) in [6, 6.07) is 11.9. The Balaban J connectivity index is 2.19. The summed E-state index contributed by atoms with van der Waals surface area (Å²) in [6.45, 7) is 3.04. The molecule has 3 rings (SSSR count). The van der Waals surface area contributed by atoms with E-state index in [1.54, 1.807) is 6.07 Å². The van der Waals surface area contributed by atoms with E-state index in [1.807, 2.05) is 12.1 Å². The van der Waals surface area contributed by atoms with Gasteiger partial charge in [-0.3, -0.25) is 0 Å². The number of allylic oxidation sites excluding steroid dienone is 2. The van der Waals surface area contributed by atoms with Crippen LogP contribution in [0.5, 0.6) is 0 Å². The molecule has 0 bridgehead atoms. The summed E-state index contributed by atoms with van der Waals surface area (Å²) in [4.78, 5) is 14.0. The average Bonchev–Trinajstić information content (AvgIpc) is 2.53. The fourth-order valence-corrected chi connectivity index (χ4v) is 2.90. The zero-order chi connectivity index (χ0) is 15.7. The predicted octanol–water partition coefficient (Wildman–Crippen LogP) is 3.86. The van der Waals surface area contributed by atoms with Crippen LogP contribution in [0, 0.1) is 0 Å². The monoisotopic (exact) mass is 293 g/mol. The molecular weight excluding hydrogens is 274 g/mol. The number of esters is 1. The van der Waals surface area contributed by atoms with E-state index < -0.39 is 0 Å². The number of hydrogen-bond acceptors (Lipinski definition) is 3. The van der Waals surface area contributed by atoms with Gasteiger partial charge >= 0.3 is 5.97 Å². The molecule has 2 aromatic carbocycles. The van der Waals surface area contributed by atoms with Crippen molar-refractivity contribution in [3.8, 4) is 0 Å². The second-order valence-electron chi connectivity index (χ2n) is 5.65. The molecule has 1 aliphatic rings. The molecule has 1 aliphatic heterocycles. The van der Waals surface area contributed by atoms with Crippen LogP contribution in [-0.2, 0) is 4.74 Å². The van der Waals surface area contributed by atoms with Crippen LogP contribution < -0.4 is 0 Å². The van der Waals surface area contributed by atoms with E-state index in [-0.39, 0.29) is 5.97 Å². The van der Waals surface area contributed by atoms with E-state index in [4.69, 9.17) is 4.74 Å². The van der Waals surface area contributed by atoms with Gasteiger partial charge in [0.25, 0.3) is 0 Å². The molecule has 2 aromatic rings. The zero-order valence-electron chi connectivity index (χ0n) is 13.1. The number of methoxy groups -OCH3 is 1. The highest BCUT2D eigenvalue weighted by Gasteiger charge is 2.15. The summed E-state index contributed by atoms with van der Waals surface area (Å²) >= 11 is 0. The largest absolute Gasteiger partial charge is 0.465 e. The van der Waals surface area contributed by atoms with E-state index in [2.05, 4.69) is 49.2 Å². The lowest BCUT2D eigenvalue weighted by atomic mass is 9.97. The molecule has 0 aromatic heterocycles. The number of ether oxygens (including phenoxy) is 1. The Hall–Kier alpha value is -2.55. The van der Waals surface area contributed by atoms with E-state index in [1.165, 1.54) is 18.4 Å². The molecule has 0 aliphatic carbocycles. The van der Waals surface area contributed by atoms with Gasteiger partial charge in [0.2, 0.25) is 0 Å². The third kappa shape index (κ3) is 2.50. The maximum atomic E-state index is 11.8. The normalized spacial score (nSPS) is 14.6. The molecule has 0 spiro atoms. The summed E-state index contributed by atoms with van der Waals surface area (Å²) < 4.78 is 4.83. The fourth-order valence-electron chi connectivity index (χ4n) is 2.90. The predicted molar refractivity (Wildman–Crippen MR) is 89.7 cm³/mol. The summed E-state index contributed by atoms with van der Waals surface area (Å²) in [6.07, 6.45) is 4.29. The minimum atomic E-state index is -0.307. The van der Waals surface area contributed by atoms with Crippen molar-refractivity contribution >= 4 is 22.4 Å². The zero-order valence-corrected chi connectivity index (χ0v) is 13.1. The third-order valence-corrected chi connectivity index (χ3v) is 4.00. The van der Waals surface area contributed by atoms with Gasteiger partial charge < -0.3 is 9.64 Å². The standard InChI is InChI=1S/C19H19NO2/c1-13-7-10-18(20(2)12-13)16-6-4-5-14-8-9-15(11-17(14)16)19(21)22-3/h4-11H,12H2,1-3H3. The first-order valence-corrected chi connectivity index (χ1v) is 7.30. The van der Waals surface area contributed by atoms with Gasteiger partial charge in [-0.1, -0.05) is 35.9 Å². The van der Waals surface area contributed by atoms with E-state index >= 15 is 0 Å².